The van der Waals surface area contributed by atoms with Crippen LogP contribution >= 0.6 is 7.82 Å². The fraction of sp³-hybridized carbons (Fsp3) is 0.833. The molecular weight excluding hydrogens is 496 g/mol. The van der Waals surface area contributed by atoms with Crippen molar-refractivity contribution in [3.8, 4) is 0 Å². The summed E-state index contributed by atoms with van der Waals surface area (Å²) >= 11 is 0. The number of aliphatic hydroxyl groups excluding tert-OH is 4. The smallest absolute Gasteiger partial charge is 0.790 e. The van der Waals surface area contributed by atoms with Gasteiger partial charge >= 0.3 is 48.9 Å². The van der Waals surface area contributed by atoms with Crippen LogP contribution in [-0.4, -0.2) is 145 Å². The number of hydrogen-bond donors (Lipinski definition) is 4. The maximum atomic E-state index is 10.0. The number of carbonyl (C=O) groups excluding carboxylic acids is 1. The molecule has 0 aliphatic heterocycles. The number of phosphoric ester groups is 1. The summed E-state index contributed by atoms with van der Waals surface area (Å²) in [6.07, 6.45) is -8.04. The maximum absolute atomic E-state index is 10.0. The van der Waals surface area contributed by atoms with Crippen LogP contribution in [0, 0.1) is 0 Å². The van der Waals surface area contributed by atoms with Crippen molar-refractivity contribution < 1.29 is 82.4 Å². The minimum Gasteiger partial charge on any atom is -0.790 e. The fourth-order valence-corrected chi connectivity index (χ4v) is 1.11. The molecule has 0 saturated carbocycles. The molecule has 152 valence electrons. The van der Waals surface area contributed by atoms with Crippen LogP contribution in [0.1, 0.15) is 0 Å². The Morgan fingerprint density at radius 3 is 1.46 bits per heavy atom. The van der Waals surface area contributed by atoms with Gasteiger partial charge in [-0.25, -0.2) is 0 Å². The number of aliphatic hydroxyl groups is 4. The van der Waals surface area contributed by atoms with E-state index in [1.807, 2.05) is 0 Å². The van der Waals surface area contributed by atoms with E-state index in [4.69, 9.17) is 20.4 Å². The molecule has 0 aliphatic rings. The standard InChI is InChI=1S/C6H13O9P.Ba.7H2O/c7-1-3(8)5(10)6(11)4(9)2-15-16(12,13)14;;;;;;;;/h1,3-6,8-11H,2H2,(H2,12,13,14);;7*1H2/q;+2;;;;;;;/p-2/t3-,4+,5+,6+;;;;;;;;/m0......../s1. The zero-order valence-electron chi connectivity index (χ0n) is 12.1. The Balaban J connectivity index is -0.0000000402. The molecule has 0 radical (unpaired) electrons. The van der Waals surface area contributed by atoms with Crippen LogP contribution in [0.5, 0.6) is 0 Å². The van der Waals surface area contributed by atoms with Crippen molar-refractivity contribution >= 4 is 63.0 Å². The number of rotatable bonds is 7. The van der Waals surface area contributed by atoms with Gasteiger partial charge in [0.05, 0.1) is 14.4 Å². The molecule has 24 heavy (non-hydrogen) atoms. The normalized spacial score (nSPS) is 13.2. The Bertz CT molecular complexity index is 273. The van der Waals surface area contributed by atoms with Crippen molar-refractivity contribution in [2.24, 2.45) is 0 Å². The molecule has 16 nitrogen and oxygen atoms in total. The first-order valence-electron chi connectivity index (χ1n) is 4.03. The quantitative estimate of drug-likeness (QED) is 0.140. The minimum absolute atomic E-state index is 0. The molecule has 0 fully saturated rings. The van der Waals surface area contributed by atoms with E-state index in [9.17, 15) is 19.1 Å². The second-order valence-corrected chi connectivity index (χ2v) is 4.07. The van der Waals surface area contributed by atoms with E-state index in [-0.39, 0.29) is 93.5 Å². The van der Waals surface area contributed by atoms with Gasteiger partial charge in [0.25, 0.3) is 0 Å². The van der Waals surface area contributed by atoms with Gasteiger partial charge in [0.2, 0.25) is 0 Å². The van der Waals surface area contributed by atoms with E-state index in [0.717, 1.165) is 0 Å². The Morgan fingerprint density at radius 2 is 1.21 bits per heavy atom. The first-order valence-corrected chi connectivity index (χ1v) is 5.49. The van der Waals surface area contributed by atoms with Gasteiger partial charge < -0.3 is 82.4 Å². The van der Waals surface area contributed by atoms with Crippen molar-refractivity contribution in [1.29, 1.82) is 0 Å². The van der Waals surface area contributed by atoms with Crippen LogP contribution < -0.4 is 9.79 Å². The molecule has 0 aromatic rings. The first kappa shape index (κ1) is 56.3. The average Bonchev–Trinajstić information content (AvgIpc) is 2.21. The molecule has 0 aliphatic carbocycles. The third-order valence-electron chi connectivity index (χ3n) is 1.64. The molecule has 18 N–H and O–H groups in total. The van der Waals surface area contributed by atoms with Gasteiger partial charge in [-0.15, -0.1) is 0 Å². The van der Waals surface area contributed by atoms with E-state index in [1.165, 1.54) is 0 Å². The van der Waals surface area contributed by atoms with Crippen LogP contribution in [0.25, 0.3) is 0 Å². The monoisotopic (exact) mass is 522 g/mol. The molecule has 0 saturated heterocycles. The summed E-state index contributed by atoms with van der Waals surface area (Å²) in [6.45, 7) is -1.09. The second-order valence-electron chi connectivity index (χ2n) is 2.92. The Labute approximate surface area is 175 Å². The Kier molecular flexibility index (Phi) is 61.3. The van der Waals surface area contributed by atoms with Crippen molar-refractivity contribution in [3.05, 3.63) is 0 Å². The fourth-order valence-electron chi connectivity index (χ4n) is 0.776. The third-order valence-corrected chi connectivity index (χ3v) is 2.10. The maximum Gasteiger partial charge on any atom is 2.00 e. The summed E-state index contributed by atoms with van der Waals surface area (Å²) in [5.41, 5.74) is 0. The SMILES string of the molecule is O.O.O.O.O.O.O.O=C[C@H](O)[C@@H](O)[C@H](O)[C@H](O)COP(=O)([O-])[O-].[Ba+2]. The molecule has 4 atom stereocenters. The van der Waals surface area contributed by atoms with E-state index in [1.54, 1.807) is 0 Å². The topological polar surface area (TPSA) is 391 Å². The van der Waals surface area contributed by atoms with E-state index < -0.39 is 38.8 Å². The van der Waals surface area contributed by atoms with Gasteiger partial charge in [0.1, 0.15) is 24.4 Å². The van der Waals surface area contributed by atoms with Gasteiger partial charge in [0, 0.05) is 0 Å². The number of hydrogen-bond acceptors (Lipinski definition) is 9. The minimum atomic E-state index is -5.30. The molecule has 0 aromatic heterocycles. The van der Waals surface area contributed by atoms with Crippen LogP contribution in [-0.2, 0) is 13.9 Å². The van der Waals surface area contributed by atoms with Crippen molar-refractivity contribution in [2.75, 3.05) is 6.61 Å². The summed E-state index contributed by atoms with van der Waals surface area (Å²) in [6, 6.07) is 0. The Morgan fingerprint density at radius 1 is 0.875 bits per heavy atom. The van der Waals surface area contributed by atoms with E-state index in [2.05, 4.69) is 4.52 Å². The predicted molar refractivity (Wildman–Crippen MR) is 74.7 cm³/mol. The largest absolute Gasteiger partial charge is 2.00 e. The zero-order chi connectivity index (χ0) is 12.9. The van der Waals surface area contributed by atoms with Gasteiger partial charge in [-0.3, -0.25) is 0 Å². The van der Waals surface area contributed by atoms with Crippen LogP contribution in [0.2, 0.25) is 0 Å². The summed E-state index contributed by atoms with van der Waals surface area (Å²) in [5.74, 6) is 0. The zero-order valence-corrected chi connectivity index (χ0v) is 17.4. The van der Waals surface area contributed by atoms with Gasteiger partial charge in [-0.1, -0.05) is 0 Å². The average molecular weight is 522 g/mol. The summed E-state index contributed by atoms with van der Waals surface area (Å²) in [5, 5.41) is 35.9. The molecule has 0 bridgehead atoms. The number of carbonyl (C=O) groups is 1. The first-order chi connectivity index (χ1) is 7.19. The van der Waals surface area contributed by atoms with E-state index in [0.29, 0.717) is 0 Å². The molecular formula is C6H25BaO16P. The number of phosphoric acid groups is 1. The number of aldehydes is 1. The summed E-state index contributed by atoms with van der Waals surface area (Å²) in [7, 11) is -5.30. The van der Waals surface area contributed by atoms with Gasteiger partial charge in [-0.2, -0.15) is 0 Å². The molecule has 0 unspecified atom stereocenters. The molecule has 18 heteroatoms. The van der Waals surface area contributed by atoms with Crippen LogP contribution in [0.3, 0.4) is 0 Å². The molecule has 0 heterocycles. The molecule has 0 spiro atoms. The summed E-state index contributed by atoms with van der Waals surface area (Å²) < 4.78 is 13.6. The second kappa shape index (κ2) is 26.1. The van der Waals surface area contributed by atoms with Gasteiger partial charge in [0.15, 0.2) is 6.29 Å². The molecule has 0 rings (SSSR count). The van der Waals surface area contributed by atoms with Crippen LogP contribution in [0.15, 0.2) is 0 Å². The predicted octanol–water partition coefficient (Wildman–Crippen LogP) is -10.7. The van der Waals surface area contributed by atoms with Crippen LogP contribution in [0.4, 0.5) is 0 Å². The van der Waals surface area contributed by atoms with Gasteiger partial charge in [-0.05, 0) is 0 Å². The van der Waals surface area contributed by atoms with E-state index >= 15 is 0 Å². The third kappa shape index (κ3) is 25.2. The Hall–Kier alpha value is 0.911. The molecule has 0 amide bonds. The van der Waals surface area contributed by atoms with Crippen molar-refractivity contribution in [3.63, 3.8) is 0 Å². The summed E-state index contributed by atoms with van der Waals surface area (Å²) in [4.78, 5) is 30.0. The van der Waals surface area contributed by atoms with Crippen molar-refractivity contribution in [1.82, 2.24) is 0 Å². The van der Waals surface area contributed by atoms with Crippen molar-refractivity contribution in [2.45, 2.75) is 24.4 Å². The molecule has 0 aromatic carbocycles.